The van der Waals surface area contributed by atoms with E-state index in [9.17, 15) is 4.79 Å². The lowest BCUT2D eigenvalue weighted by Crippen LogP contribution is -2.06. The van der Waals surface area contributed by atoms with Crippen molar-refractivity contribution in [1.82, 2.24) is 4.98 Å². The summed E-state index contributed by atoms with van der Waals surface area (Å²) in [5, 5.41) is 2.13. The molecule has 0 atom stereocenters. The molecule has 0 bridgehead atoms. The summed E-state index contributed by atoms with van der Waals surface area (Å²) in [5.74, 6) is 0. The van der Waals surface area contributed by atoms with Crippen LogP contribution in [0.1, 0.15) is 11.1 Å². The number of aryl methyl sites for hydroxylation is 2. The minimum atomic E-state index is -0.0999. The van der Waals surface area contributed by atoms with Gasteiger partial charge >= 0.3 is 0 Å². The summed E-state index contributed by atoms with van der Waals surface area (Å²) in [5.41, 5.74) is 5.64. The lowest BCUT2D eigenvalue weighted by Gasteiger charge is -2.09. The summed E-state index contributed by atoms with van der Waals surface area (Å²) in [6, 6.07) is 13.8. The van der Waals surface area contributed by atoms with Gasteiger partial charge in [-0.3, -0.25) is 4.79 Å². The van der Waals surface area contributed by atoms with E-state index in [4.69, 9.17) is 4.42 Å². The quantitative estimate of drug-likeness (QED) is 0.558. The first-order valence-electron chi connectivity index (χ1n) is 7.25. The van der Waals surface area contributed by atoms with Crippen molar-refractivity contribution in [2.75, 3.05) is 0 Å². The second kappa shape index (κ2) is 4.60. The van der Waals surface area contributed by atoms with Crippen molar-refractivity contribution in [3.63, 3.8) is 0 Å². The monoisotopic (exact) mass is 289 g/mol. The number of aromatic amines is 1. The molecule has 108 valence electrons. The Kier molecular flexibility index (Phi) is 2.70. The van der Waals surface area contributed by atoms with Crippen molar-refractivity contribution in [3.8, 4) is 11.1 Å². The third kappa shape index (κ3) is 1.79. The maximum absolute atomic E-state index is 12.1. The third-order valence-corrected chi connectivity index (χ3v) is 4.20. The van der Waals surface area contributed by atoms with Gasteiger partial charge in [-0.25, -0.2) is 0 Å². The Bertz CT molecular complexity index is 1060. The van der Waals surface area contributed by atoms with Gasteiger partial charge in [-0.05, 0) is 36.6 Å². The number of hydrogen-bond donors (Lipinski definition) is 1. The molecule has 0 saturated heterocycles. The lowest BCUT2D eigenvalue weighted by molar-refractivity contribution is 0.611. The standard InChI is InChI=1S/C19H15NO2/c1-11-10-22-19-12(2)18-16(8-14(11)19)15(9-17(21)20-18)13-6-4-3-5-7-13/h3-10H,1-2H3,(H,20,21). The van der Waals surface area contributed by atoms with Crippen LogP contribution in [0.2, 0.25) is 0 Å². The fourth-order valence-corrected chi connectivity index (χ4v) is 3.05. The molecule has 4 rings (SSSR count). The van der Waals surface area contributed by atoms with Crippen molar-refractivity contribution in [3.05, 3.63) is 70.2 Å². The summed E-state index contributed by atoms with van der Waals surface area (Å²) in [6.45, 7) is 4.02. The normalized spacial score (nSPS) is 11.4. The Morgan fingerprint density at radius 1 is 1.00 bits per heavy atom. The highest BCUT2D eigenvalue weighted by molar-refractivity contribution is 6.05. The SMILES string of the molecule is Cc1coc2c(C)c3[nH]c(=O)cc(-c4ccccc4)c3cc12. The van der Waals surface area contributed by atoms with Crippen LogP contribution in [0.15, 0.2) is 57.9 Å². The van der Waals surface area contributed by atoms with E-state index in [2.05, 4.69) is 11.1 Å². The van der Waals surface area contributed by atoms with E-state index >= 15 is 0 Å². The van der Waals surface area contributed by atoms with Crippen LogP contribution in [-0.4, -0.2) is 4.98 Å². The van der Waals surface area contributed by atoms with Crippen LogP contribution in [0.4, 0.5) is 0 Å². The molecule has 0 spiro atoms. The third-order valence-electron chi connectivity index (χ3n) is 4.20. The maximum Gasteiger partial charge on any atom is 0.249 e. The van der Waals surface area contributed by atoms with E-state index in [0.29, 0.717) is 0 Å². The van der Waals surface area contributed by atoms with Crippen molar-refractivity contribution >= 4 is 21.9 Å². The average molecular weight is 289 g/mol. The van der Waals surface area contributed by atoms with Crippen LogP contribution >= 0.6 is 0 Å². The van der Waals surface area contributed by atoms with Crippen molar-refractivity contribution in [2.24, 2.45) is 0 Å². The Morgan fingerprint density at radius 2 is 1.77 bits per heavy atom. The number of benzene rings is 2. The number of nitrogens with one attached hydrogen (secondary N) is 1. The fourth-order valence-electron chi connectivity index (χ4n) is 3.05. The van der Waals surface area contributed by atoms with Crippen molar-refractivity contribution in [1.29, 1.82) is 0 Å². The van der Waals surface area contributed by atoms with Gasteiger partial charge in [0, 0.05) is 22.4 Å². The zero-order chi connectivity index (χ0) is 15.3. The van der Waals surface area contributed by atoms with E-state index in [1.165, 1.54) is 0 Å². The first kappa shape index (κ1) is 12.9. The van der Waals surface area contributed by atoms with Crippen LogP contribution in [0.5, 0.6) is 0 Å². The highest BCUT2D eigenvalue weighted by Gasteiger charge is 2.14. The maximum atomic E-state index is 12.1. The Balaban J connectivity index is 2.22. The number of pyridine rings is 1. The van der Waals surface area contributed by atoms with Crippen LogP contribution in [0, 0.1) is 13.8 Å². The summed E-state index contributed by atoms with van der Waals surface area (Å²) in [6.07, 6.45) is 1.76. The molecule has 0 aliphatic carbocycles. The predicted molar refractivity (Wildman–Crippen MR) is 89.3 cm³/mol. The van der Waals surface area contributed by atoms with E-state index < -0.39 is 0 Å². The molecule has 0 aliphatic heterocycles. The molecule has 0 amide bonds. The zero-order valence-electron chi connectivity index (χ0n) is 12.4. The van der Waals surface area contributed by atoms with Gasteiger partial charge in [0.05, 0.1) is 11.8 Å². The molecule has 0 radical (unpaired) electrons. The summed E-state index contributed by atoms with van der Waals surface area (Å²) >= 11 is 0. The lowest BCUT2D eigenvalue weighted by atomic mass is 9.97. The number of rotatable bonds is 1. The summed E-state index contributed by atoms with van der Waals surface area (Å²) in [7, 11) is 0. The van der Waals surface area contributed by atoms with Crippen molar-refractivity contribution in [2.45, 2.75) is 13.8 Å². The highest BCUT2D eigenvalue weighted by Crippen LogP contribution is 2.34. The van der Waals surface area contributed by atoms with Crippen molar-refractivity contribution < 1.29 is 4.42 Å². The summed E-state index contributed by atoms with van der Waals surface area (Å²) < 4.78 is 5.65. The topological polar surface area (TPSA) is 46.0 Å². The van der Waals surface area contributed by atoms with Crippen LogP contribution in [0.3, 0.4) is 0 Å². The molecular weight excluding hydrogens is 274 g/mol. The van der Waals surface area contributed by atoms with Crippen LogP contribution in [0.25, 0.3) is 33.0 Å². The molecule has 1 N–H and O–H groups in total. The first-order chi connectivity index (χ1) is 10.6. The van der Waals surface area contributed by atoms with E-state index in [1.807, 2.05) is 44.2 Å². The minimum Gasteiger partial charge on any atom is -0.464 e. The summed E-state index contributed by atoms with van der Waals surface area (Å²) in [4.78, 5) is 15.0. The molecule has 22 heavy (non-hydrogen) atoms. The second-order valence-corrected chi connectivity index (χ2v) is 5.63. The molecule has 0 unspecified atom stereocenters. The van der Waals surface area contributed by atoms with Crippen LogP contribution in [-0.2, 0) is 0 Å². The van der Waals surface area contributed by atoms with E-state index in [-0.39, 0.29) is 5.56 Å². The molecule has 4 aromatic rings. The van der Waals surface area contributed by atoms with Gasteiger partial charge in [0.25, 0.3) is 0 Å². The molecule has 0 fully saturated rings. The number of aromatic nitrogens is 1. The van der Waals surface area contributed by atoms with E-state index in [1.54, 1.807) is 12.3 Å². The van der Waals surface area contributed by atoms with Gasteiger partial charge in [0.1, 0.15) is 5.58 Å². The van der Waals surface area contributed by atoms with E-state index in [0.717, 1.165) is 44.1 Å². The Labute approximate surface area is 127 Å². The number of H-pyrrole nitrogens is 1. The van der Waals surface area contributed by atoms with Gasteiger partial charge in [0.2, 0.25) is 5.56 Å². The average Bonchev–Trinajstić information content (AvgIpc) is 2.90. The molecule has 3 nitrogen and oxygen atoms in total. The highest BCUT2D eigenvalue weighted by atomic mass is 16.3. The zero-order valence-corrected chi connectivity index (χ0v) is 12.4. The van der Waals surface area contributed by atoms with Crippen LogP contribution < -0.4 is 5.56 Å². The number of fused-ring (bicyclic) bond motifs is 2. The van der Waals surface area contributed by atoms with Gasteiger partial charge in [-0.1, -0.05) is 30.3 Å². The molecule has 2 aromatic carbocycles. The van der Waals surface area contributed by atoms with Gasteiger partial charge in [-0.15, -0.1) is 0 Å². The predicted octanol–water partition coefficient (Wildman–Crippen LogP) is 4.56. The number of furan rings is 1. The van der Waals surface area contributed by atoms with Gasteiger partial charge < -0.3 is 9.40 Å². The molecule has 0 saturated carbocycles. The first-order valence-corrected chi connectivity index (χ1v) is 7.25. The molecular formula is C19H15NO2. The molecule has 2 heterocycles. The Morgan fingerprint density at radius 3 is 2.55 bits per heavy atom. The smallest absolute Gasteiger partial charge is 0.249 e. The van der Waals surface area contributed by atoms with Gasteiger partial charge in [0.15, 0.2) is 0 Å². The Hall–Kier alpha value is -2.81. The minimum absolute atomic E-state index is 0.0999. The molecule has 0 aliphatic rings. The molecule has 2 aromatic heterocycles. The largest absolute Gasteiger partial charge is 0.464 e. The second-order valence-electron chi connectivity index (χ2n) is 5.63. The van der Waals surface area contributed by atoms with Gasteiger partial charge in [-0.2, -0.15) is 0 Å². The molecule has 3 heteroatoms. The fraction of sp³-hybridized carbons (Fsp3) is 0.105. The number of hydrogen-bond acceptors (Lipinski definition) is 2.